The summed E-state index contributed by atoms with van der Waals surface area (Å²) in [5, 5.41) is 5.90. The molecule has 22 heavy (non-hydrogen) atoms. The van der Waals surface area contributed by atoms with Crippen LogP contribution in [0.4, 0.5) is 13.2 Å². The van der Waals surface area contributed by atoms with E-state index in [2.05, 4.69) is 10.6 Å². The van der Waals surface area contributed by atoms with E-state index in [1.54, 1.807) is 7.11 Å². The molecule has 2 rings (SSSR count). The number of benzene rings is 1. The highest BCUT2D eigenvalue weighted by Crippen LogP contribution is 2.28. The van der Waals surface area contributed by atoms with E-state index in [1.165, 1.54) is 0 Å². The van der Waals surface area contributed by atoms with Gasteiger partial charge in [0.2, 0.25) is 0 Å². The molecule has 1 aromatic carbocycles. The zero-order valence-corrected chi connectivity index (χ0v) is 12.3. The molecule has 0 radical (unpaired) electrons. The average Bonchev–Trinajstić information content (AvgIpc) is 2.51. The van der Waals surface area contributed by atoms with Gasteiger partial charge in [-0.2, -0.15) is 0 Å². The maximum atomic E-state index is 13.2. The van der Waals surface area contributed by atoms with E-state index in [1.807, 2.05) is 0 Å². The van der Waals surface area contributed by atoms with Crippen molar-refractivity contribution >= 4 is 5.91 Å². The Morgan fingerprint density at radius 1 is 1.27 bits per heavy atom. The molecule has 1 amide bonds. The number of hydrogen-bond donors (Lipinski definition) is 2. The van der Waals surface area contributed by atoms with Crippen molar-refractivity contribution in [3.05, 3.63) is 35.1 Å². The normalized spacial score (nSPS) is 17.3. The van der Waals surface area contributed by atoms with Crippen LogP contribution in [0, 0.1) is 22.9 Å². The first kappa shape index (κ1) is 16.8. The van der Waals surface area contributed by atoms with Gasteiger partial charge in [-0.25, -0.2) is 13.2 Å². The zero-order valence-electron chi connectivity index (χ0n) is 12.3. The third-order valence-electron chi connectivity index (χ3n) is 3.98. The summed E-state index contributed by atoms with van der Waals surface area (Å²) < 4.78 is 44.5. The predicted molar refractivity (Wildman–Crippen MR) is 75.1 cm³/mol. The number of nitrogens with one attached hydrogen (secondary N) is 2. The lowest BCUT2D eigenvalue weighted by Gasteiger charge is -2.37. The van der Waals surface area contributed by atoms with Crippen molar-refractivity contribution in [2.75, 3.05) is 33.4 Å². The first-order valence-electron chi connectivity index (χ1n) is 7.10. The van der Waals surface area contributed by atoms with Crippen LogP contribution in [0.1, 0.15) is 23.2 Å². The van der Waals surface area contributed by atoms with E-state index >= 15 is 0 Å². The van der Waals surface area contributed by atoms with Gasteiger partial charge >= 0.3 is 0 Å². The van der Waals surface area contributed by atoms with E-state index < -0.39 is 23.4 Å². The number of hydrogen-bond acceptors (Lipinski definition) is 3. The first-order valence-corrected chi connectivity index (χ1v) is 7.10. The molecule has 0 spiro atoms. The summed E-state index contributed by atoms with van der Waals surface area (Å²) in [5.41, 5.74) is -0.440. The van der Waals surface area contributed by atoms with E-state index in [9.17, 15) is 18.0 Å². The third-order valence-corrected chi connectivity index (χ3v) is 3.98. The Morgan fingerprint density at radius 2 is 1.86 bits per heavy atom. The lowest BCUT2D eigenvalue weighted by Crippen LogP contribution is -2.47. The first-order chi connectivity index (χ1) is 10.5. The van der Waals surface area contributed by atoms with Crippen molar-refractivity contribution in [3.63, 3.8) is 0 Å². The summed E-state index contributed by atoms with van der Waals surface area (Å²) in [7, 11) is 1.59. The van der Waals surface area contributed by atoms with Crippen LogP contribution in [-0.4, -0.2) is 39.3 Å². The van der Waals surface area contributed by atoms with Gasteiger partial charge < -0.3 is 15.4 Å². The lowest BCUT2D eigenvalue weighted by atomic mass is 9.79. The van der Waals surface area contributed by atoms with Crippen LogP contribution in [0.2, 0.25) is 0 Å². The van der Waals surface area contributed by atoms with Gasteiger partial charge in [0, 0.05) is 24.6 Å². The summed E-state index contributed by atoms with van der Waals surface area (Å²) in [6.07, 6.45) is 1.65. The van der Waals surface area contributed by atoms with Gasteiger partial charge in [0.05, 0.1) is 6.61 Å². The molecule has 0 saturated carbocycles. The SMILES string of the molecule is COCC1(CNC(=O)c2cc(F)c(F)c(F)c2)CCNCC1. The van der Waals surface area contributed by atoms with Gasteiger partial charge in [-0.1, -0.05) is 0 Å². The smallest absolute Gasteiger partial charge is 0.251 e. The van der Waals surface area contributed by atoms with E-state index in [-0.39, 0.29) is 11.0 Å². The maximum Gasteiger partial charge on any atom is 0.251 e. The molecular weight excluding hydrogens is 297 g/mol. The minimum atomic E-state index is -1.58. The standard InChI is InChI=1S/C15H19F3N2O2/c1-22-9-15(2-4-19-5-3-15)8-20-14(21)10-6-11(16)13(18)12(17)7-10/h6-7,19H,2-5,8-9H2,1H3,(H,20,21). The highest BCUT2D eigenvalue weighted by molar-refractivity contribution is 5.94. The van der Waals surface area contributed by atoms with Crippen molar-refractivity contribution in [2.45, 2.75) is 12.8 Å². The molecule has 0 atom stereocenters. The molecule has 4 nitrogen and oxygen atoms in total. The van der Waals surface area contributed by atoms with Crippen molar-refractivity contribution in [3.8, 4) is 0 Å². The quantitative estimate of drug-likeness (QED) is 0.815. The number of carbonyl (C=O) groups excluding carboxylic acids is 1. The fourth-order valence-corrected chi connectivity index (χ4v) is 2.69. The fraction of sp³-hybridized carbons (Fsp3) is 0.533. The second-order valence-corrected chi connectivity index (χ2v) is 5.62. The van der Waals surface area contributed by atoms with Crippen molar-refractivity contribution in [2.24, 2.45) is 5.41 Å². The Labute approximate surface area is 127 Å². The molecule has 0 unspecified atom stereocenters. The van der Waals surface area contributed by atoms with Crippen LogP contribution in [-0.2, 0) is 4.74 Å². The molecule has 0 bridgehead atoms. The van der Waals surface area contributed by atoms with Gasteiger partial charge in [-0.3, -0.25) is 4.79 Å². The number of halogens is 3. The van der Waals surface area contributed by atoms with Crippen molar-refractivity contribution in [1.29, 1.82) is 0 Å². The third kappa shape index (κ3) is 3.78. The summed E-state index contributed by atoms with van der Waals surface area (Å²) in [4.78, 5) is 12.0. The molecule has 1 aliphatic rings. The highest BCUT2D eigenvalue weighted by Gasteiger charge is 2.32. The van der Waals surface area contributed by atoms with Crippen LogP contribution >= 0.6 is 0 Å². The van der Waals surface area contributed by atoms with Gasteiger partial charge in [0.25, 0.3) is 5.91 Å². The fourth-order valence-electron chi connectivity index (χ4n) is 2.69. The maximum absolute atomic E-state index is 13.2. The molecule has 0 aliphatic carbocycles. The molecule has 1 aromatic rings. The van der Waals surface area contributed by atoms with Crippen LogP contribution in [0.5, 0.6) is 0 Å². The predicted octanol–water partition coefficient (Wildman–Crippen LogP) is 1.85. The Kier molecular flexibility index (Phi) is 5.42. The Morgan fingerprint density at radius 3 is 2.41 bits per heavy atom. The summed E-state index contributed by atoms with van der Waals surface area (Å²) >= 11 is 0. The molecule has 1 heterocycles. The van der Waals surface area contributed by atoms with Gasteiger partial charge in [-0.05, 0) is 38.1 Å². The number of rotatable bonds is 5. The average molecular weight is 316 g/mol. The molecule has 122 valence electrons. The molecule has 1 fully saturated rings. The second kappa shape index (κ2) is 7.11. The number of methoxy groups -OCH3 is 1. The minimum Gasteiger partial charge on any atom is -0.384 e. The molecule has 1 saturated heterocycles. The Bertz CT molecular complexity index is 517. The van der Waals surface area contributed by atoms with E-state index in [0.717, 1.165) is 25.9 Å². The Balaban J connectivity index is 2.05. The van der Waals surface area contributed by atoms with Crippen LogP contribution < -0.4 is 10.6 Å². The number of amides is 1. The molecule has 1 aliphatic heterocycles. The topological polar surface area (TPSA) is 50.4 Å². The lowest BCUT2D eigenvalue weighted by molar-refractivity contribution is 0.0511. The number of carbonyl (C=O) groups is 1. The monoisotopic (exact) mass is 316 g/mol. The Hall–Kier alpha value is -1.60. The zero-order chi connectivity index (χ0) is 16.2. The van der Waals surface area contributed by atoms with E-state index in [4.69, 9.17) is 4.74 Å². The largest absolute Gasteiger partial charge is 0.384 e. The summed E-state index contributed by atoms with van der Waals surface area (Å²) in [5.74, 6) is -4.96. The highest BCUT2D eigenvalue weighted by atomic mass is 19.2. The molecule has 0 aromatic heterocycles. The molecule has 2 N–H and O–H groups in total. The second-order valence-electron chi connectivity index (χ2n) is 5.62. The van der Waals surface area contributed by atoms with Crippen molar-refractivity contribution < 1.29 is 22.7 Å². The van der Waals surface area contributed by atoms with Crippen molar-refractivity contribution in [1.82, 2.24) is 10.6 Å². The van der Waals surface area contributed by atoms with Gasteiger partial charge in [-0.15, -0.1) is 0 Å². The molecular formula is C15H19F3N2O2. The number of piperidine rings is 1. The van der Waals surface area contributed by atoms with Crippen LogP contribution in [0.3, 0.4) is 0 Å². The molecule has 7 heteroatoms. The summed E-state index contributed by atoms with van der Waals surface area (Å²) in [6.45, 7) is 2.46. The number of ether oxygens (including phenoxy) is 1. The van der Waals surface area contributed by atoms with Crippen LogP contribution in [0.15, 0.2) is 12.1 Å². The van der Waals surface area contributed by atoms with Gasteiger partial charge in [0.15, 0.2) is 17.5 Å². The minimum absolute atomic E-state index is 0.202. The van der Waals surface area contributed by atoms with Gasteiger partial charge in [0.1, 0.15) is 0 Å². The van der Waals surface area contributed by atoms with E-state index in [0.29, 0.717) is 25.3 Å². The summed E-state index contributed by atoms with van der Waals surface area (Å²) in [6, 6.07) is 1.39. The van der Waals surface area contributed by atoms with Crippen LogP contribution in [0.25, 0.3) is 0 Å².